The number of halogens is 1. The van der Waals surface area contributed by atoms with Crippen molar-refractivity contribution in [3.05, 3.63) is 22.7 Å². The highest BCUT2D eigenvalue weighted by Gasteiger charge is 2.16. The third kappa shape index (κ3) is 7.65. The molecule has 2 fully saturated rings. The molecule has 196 valence electrons. The monoisotopic (exact) mass is 514 g/mol. The van der Waals surface area contributed by atoms with Gasteiger partial charge in [-0.1, -0.05) is 23.4 Å². The van der Waals surface area contributed by atoms with Crippen LogP contribution in [0.3, 0.4) is 0 Å². The van der Waals surface area contributed by atoms with Crippen molar-refractivity contribution in [2.24, 2.45) is 0 Å². The number of aromatic nitrogens is 2. The molecule has 4 rings (SSSR count). The molecular formula is C26H39ClN8O. The van der Waals surface area contributed by atoms with Crippen LogP contribution in [-0.2, 0) is 0 Å². The first-order valence-electron chi connectivity index (χ1n) is 12.9. The summed E-state index contributed by atoms with van der Waals surface area (Å²) >= 11 is 6.48. The predicted molar refractivity (Wildman–Crippen MR) is 148 cm³/mol. The molecule has 0 bridgehead atoms. The average molecular weight is 515 g/mol. The van der Waals surface area contributed by atoms with Crippen LogP contribution in [0.4, 0.5) is 11.6 Å². The van der Waals surface area contributed by atoms with Crippen LogP contribution < -0.4 is 10.6 Å². The van der Waals surface area contributed by atoms with Gasteiger partial charge in [0, 0.05) is 90.5 Å². The molecule has 2 aromatic rings. The lowest BCUT2D eigenvalue weighted by atomic mass is 10.2. The van der Waals surface area contributed by atoms with Crippen LogP contribution in [0.15, 0.2) is 12.1 Å². The number of piperazine rings is 2. The van der Waals surface area contributed by atoms with Gasteiger partial charge in [-0.3, -0.25) is 9.80 Å². The molecule has 3 N–H and O–H groups in total. The zero-order valence-electron chi connectivity index (χ0n) is 21.6. The highest BCUT2D eigenvalue weighted by Crippen LogP contribution is 2.26. The molecule has 0 amide bonds. The molecule has 1 aromatic heterocycles. The third-order valence-corrected chi connectivity index (χ3v) is 7.16. The van der Waals surface area contributed by atoms with Gasteiger partial charge in [-0.2, -0.15) is 0 Å². The van der Waals surface area contributed by atoms with Gasteiger partial charge < -0.3 is 25.5 Å². The number of aliphatic hydroxyl groups excluding tert-OH is 1. The molecule has 0 spiro atoms. The Labute approximate surface area is 219 Å². The second-order valence-corrected chi connectivity index (χ2v) is 10.1. The molecule has 9 nitrogen and oxygen atoms in total. The number of fused-ring (bicyclic) bond motifs is 1. The summed E-state index contributed by atoms with van der Waals surface area (Å²) in [6.07, 6.45) is 0.412. The number of likely N-dealkylation sites (N-methyl/N-ethyl adjacent to an activating group) is 2. The SMILES string of the molecule is CN1CCN(CCNc2nc3cc(Cl)c(C#CCCO)cc3nc2NCCN2CCN(C)CC2)CC1. The van der Waals surface area contributed by atoms with Crippen LogP contribution in [0.25, 0.3) is 11.0 Å². The van der Waals surface area contributed by atoms with Gasteiger partial charge in [-0.15, -0.1) is 0 Å². The highest BCUT2D eigenvalue weighted by molar-refractivity contribution is 6.32. The predicted octanol–water partition coefficient (Wildman–Crippen LogP) is 1.34. The van der Waals surface area contributed by atoms with Gasteiger partial charge in [0.15, 0.2) is 11.6 Å². The summed E-state index contributed by atoms with van der Waals surface area (Å²) in [6.45, 7) is 12.4. The van der Waals surface area contributed by atoms with Crippen molar-refractivity contribution in [3.63, 3.8) is 0 Å². The lowest BCUT2D eigenvalue weighted by Crippen LogP contribution is -2.46. The number of benzene rings is 1. The number of aliphatic hydroxyl groups is 1. The van der Waals surface area contributed by atoms with E-state index in [9.17, 15) is 0 Å². The Hall–Kier alpha value is -2.19. The molecule has 2 aliphatic heterocycles. The van der Waals surface area contributed by atoms with Crippen molar-refractivity contribution in [1.29, 1.82) is 0 Å². The van der Waals surface area contributed by atoms with Crippen LogP contribution in [0, 0.1) is 11.8 Å². The van der Waals surface area contributed by atoms with Gasteiger partial charge in [0.2, 0.25) is 0 Å². The maximum atomic E-state index is 9.02. The quantitative estimate of drug-likeness (QED) is 0.429. The molecule has 2 aliphatic rings. The smallest absolute Gasteiger partial charge is 0.169 e. The number of anilines is 2. The van der Waals surface area contributed by atoms with E-state index in [2.05, 4.69) is 56.2 Å². The Kier molecular flexibility index (Phi) is 9.98. The van der Waals surface area contributed by atoms with E-state index in [1.54, 1.807) is 0 Å². The van der Waals surface area contributed by atoms with E-state index in [4.69, 9.17) is 26.7 Å². The summed E-state index contributed by atoms with van der Waals surface area (Å²) in [4.78, 5) is 19.5. The Morgan fingerprint density at radius 1 is 0.833 bits per heavy atom. The molecule has 0 aliphatic carbocycles. The van der Waals surface area contributed by atoms with E-state index in [-0.39, 0.29) is 6.61 Å². The summed E-state index contributed by atoms with van der Waals surface area (Å²) in [5, 5.41) is 16.6. The van der Waals surface area contributed by atoms with E-state index >= 15 is 0 Å². The molecule has 36 heavy (non-hydrogen) atoms. The molecule has 2 saturated heterocycles. The van der Waals surface area contributed by atoms with Crippen molar-refractivity contribution in [3.8, 4) is 11.8 Å². The lowest BCUT2D eigenvalue weighted by Gasteiger charge is -2.32. The Morgan fingerprint density at radius 3 is 1.83 bits per heavy atom. The molecule has 0 atom stereocenters. The van der Waals surface area contributed by atoms with Gasteiger partial charge in [0.25, 0.3) is 0 Å². The van der Waals surface area contributed by atoms with Crippen LogP contribution in [0.2, 0.25) is 5.02 Å². The minimum absolute atomic E-state index is 0.0303. The van der Waals surface area contributed by atoms with Gasteiger partial charge in [-0.05, 0) is 26.2 Å². The fourth-order valence-electron chi connectivity index (χ4n) is 4.44. The van der Waals surface area contributed by atoms with E-state index in [0.717, 1.165) is 101 Å². The second-order valence-electron chi connectivity index (χ2n) is 9.66. The Bertz CT molecular complexity index is 1060. The van der Waals surface area contributed by atoms with Gasteiger partial charge in [0.05, 0.1) is 22.7 Å². The number of hydrogen-bond donors (Lipinski definition) is 3. The normalized spacial score (nSPS) is 18.2. The molecule has 0 unspecified atom stereocenters. The average Bonchev–Trinajstić information content (AvgIpc) is 2.87. The van der Waals surface area contributed by atoms with Crippen molar-refractivity contribution in [1.82, 2.24) is 29.6 Å². The van der Waals surface area contributed by atoms with E-state index in [1.165, 1.54) is 0 Å². The lowest BCUT2D eigenvalue weighted by molar-refractivity contribution is 0.158. The molecule has 3 heterocycles. The van der Waals surface area contributed by atoms with Gasteiger partial charge >= 0.3 is 0 Å². The fourth-order valence-corrected chi connectivity index (χ4v) is 4.65. The van der Waals surface area contributed by atoms with Crippen LogP contribution >= 0.6 is 11.6 Å². The molecule has 0 saturated carbocycles. The number of rotatable bonds is 9. The standard InChI is InChI=1S/C26H39ClN8O/c1-32-10-14-34(15-11-32)8-6-28-25-26(29-7-9-35-16-12-33(2)13-17-35)31-24-20-22(27)21(5-3-4-18-36)19-23(24)30-25/h19-20,36H,4,6-18H2,1-2H3,(H,28,30)(H,29,31). The summed E-state index contributed by atoms with van der Waals surface area (Å²) in [5.74, 6) is 7.49. The summed E-state index contributed by atoms with van der Waals surface area (Å²) in [6, 6.07) is 3.71. The first-order valence-corrected chi connectivity index (χ1v) is 13.3. The van der Waals surface area contributed by atoms with E-state index in [1.807, 2.05) is 12.1 Å². The number of nitrogens with zero attached hydrogens (tertiary/aromatic N) is 6. The fraction of sp³-hybridized carbons (Fsp3) is 0.615. The zero-order chi connectivity index (χ0) is 25.3. The topological polar surface area (TPSA) is 83.0 Å². The highest BCUT2D eigenvalue weighted by atomic mass is 35.5. The first-order chi connectivity index (χ1) is 17.5. The molecule has 1 aromatic carbocycles. The second kappa shape index (κ2) is 13.4. The summed E-state index contributed by atoms with van der Waals surface area (Å²) in [7, 11) is 4.35. The zero-order valence-corrected chi connectivity index (χ0v) is 22.3. The van der Waals surface area contributed by atoms with Gasteiger partial charge in [-0.25, -0.2) is 9.97 Å². The number of nitrogens with one attached hydrogen (secondary N) is 2. The third-order valence-electron chi connectivity index (χ3n) is 6.85. The van der Waals surface area contributed by atoms with Crippen molar-refractivity contribution in [2.45, 2.75) is 6.42 Å². The van der Waals surface area contributed by atoms with Crippen LogP contribution in [0.1, 0.15) is 12.0 Å². The molecule has 0 radical (unpaired) electrons. The Morgan fingerprint density at radius 2 is 1.33 bits per heavy atom. The van der Waals surface area contributed by atoms with Gasteiger partial charge in [0.1, 0.15) is 0 Å². The maximum absolute atomic E-state index is 9.02. The van der Waals surface area contributed by atoms with Crippen molar-refractivity contribution < 1.29 is 5.11 Å². The van der Waals surface area contributed by atoms with Crippen molar-refractivity contribution in [2.75, 3.05) is 110 Å². The first kappa shape index (κ1) is 26.9. The molecular weight excluding hydrogens is 476 g/mol. The maximum Gasteiger partial charge on any atom is 0.169 e. The van der Waals surface area contributed by atoms with Crippen LogP contribution in [0.5, 0.6) is 0 Å². The minimum atomic E-state index is 0.0303. The van der Waals surface area contributed by atoms with E-state index < -0.39 is 0 Å². The van der Waals surface area contributed by atoms with E-state index in [0.29, 0.717) is 17.0 Å². The number of hydrogen-bond acceptors (Lipinski definition) is 9. The van der Waals surface area contributed by atoms with Crippen molar-refractivity contribution >= 4 is 34.3 Å². The minimum Gasteiger partial charge on any atom is -0.395 e. The molecule has 10 heteroatoms. The van der Waals surface area contributed by atoms with Crippen LogP contribution in [-0.4, -0.2) is 134 Å². The largest absolute Gasteiger partial charge is 0.395 e. The Balaban J connectivity index is 1.47. The summed E-state index contributed by atoms with van der Waals surface area (Å²) in [5.41, 5.74) is 2.19. The summed E-state index contributed by atoms with van der Waals surface area (Å²) < 4.78 is 0.